The largest absolute Gasteiger partial charge is 0.478 e. The van der Waals surface area contributed by atoms with E-state index in [0.29, 0.717) is 0 Å². The Morgan fingerprint density at radius 2 is 1.93 bits per heavy atom. The predicted molar refractivity (Wildman–Crippen MR) is 46.3 cm³/mol. The lowest BCUT2D eigenvalue weighted by molar-refractivity contribution is 0.0691. The highest BCUT2D eigenvalue weighted by molar-refractivity contribution is 5.89. The molecule has 0 saturated carbocycles. The van der Waals surface area contributed by atoms with Crippen LogP contribution in [0.3, 0.4) is 0 Å². The molecule has 0 fully saturated rings. The highest BCUT2D eigenvalue weighted by atomic mass is 19.3. The SMILES string of the molecule is N[C@H](c1ccccc1C(=O)O)C(F)F. The van der Waals surface area contributed by atoms with Crippen molar-refractivity contribution in [2.45, 2.75) is 12.5 Å². The minimum absolute atomic E-state index is 0.0463. The summed E-state index contributed by atoms with van der Waals surface area (Å²) in [4.78, 5) is 10.6. The quantitative estimate of drug-likeness (QED) is 0.781. The van der Waals surface area contributed by atoms with Gasteiger partial charge in [0.25, 0.3) is 6.43 Å². The van der Waals surface area contributed by atoms with Gasteiger partial charge >= 0.3 is 5.97 Å². The number of carbonyl (C=O) groups is 1. The van der Waals surface area contributed by atoms with E-state index in [9.17, 15) is 13.6 Å². The van der Waals surface area contributed by atoms with Crippen LogP contribution in [0.1, 0.15) is 22.0 Å². The Hall–Kier alpha value is -1.49. The molecule has 1 atom stereocenters. The zero-order valence-corrected chi connectivity index (χ0v) is 7.15. The molecule has 0 radical (unpaired) electrons. The van der Waals surface area contributed by atoms with Gasteiger partial charge in [-0.25, -0.2) is 13.6 Å². The van der Waals surface area contributed by atoms with Crippen molar-refractivity contribution in [1.82, 2.24) is 0 Å². The Morgan fingerprint density at radius 3 is 2.43 bits per heavy atom. The van der Waals surface area contributed by atoms with Crippen molar-refractivity contribution in [2.75, 3.05) is 0 Å². The van der Waals surface area contributed by atoms with Crippen molar-refractivity contribution in [3.63, 3.8) is 0 Å². The summed E-state index contributed by atoms with van der Waals surface area (Å²) < 4.78 is 24.5. The number of hydrogen-bond acceptors (Lipinski definition) is 2. The Bertz CT molecular complexity index is 341. The molecular formula is C9H9F2NO2. The number of carboxylic acid groups (broad SMARTS) is 1. The maximum absolute atomic E-state index is 12.2. The van der Waals surface area contributed by atoms with Gasteiger partial charge in [0.05, 0.1) is 11.6 Å². The molecule has 1 aromatic carbocycles. The van der Waals surface area contributed by atoms with E-state index in [-0.39, 0.29) is 11.1 Å². The zero-order chi connectivity index (χ0) is 10.7. The van der Waals surface area contributed by atoms with Crippen molar-refractivity contribution in [1.29, 1.82) is 0 Å². The van der Waals surface area contributed by atoms with Crippen molar-refractivity contribution in [3.8, 4) is 0 Å². The molecule has 0 spiro atoms. The van der Waals surface area contributed by atoms with Crippen LogP contribution in [0.4, 0.5) is 8.78 Å². The molecule has 0 aliphatic rings. The van der Waals surface area contributed by atoms with Crippen LogP contribution in [0.2, 0.25) is 0 Å². The number of nitrogens with two attached hydrogens (primary N) is 1. The van der Waals surface area contributed by atoms with Crippen LogP contribution in [-0.2, 0) is 0 Å². The lowest BCUT2D eigenvalue weighted by Gasteiger charge is -2.12. The molecule has 0 aliphatic carbocycles. The Labute approximate surface area is 79.2 Å². The van der Waals surface area contributed by atoms with E-state index < -0.39 is 18.4 Å². The summed E-state index contributed by atoms with van der Waals surface area (Å²) in [7, 11) is 0. The van der Waals surface area contributed by atoms with Crippen molar-refractivity contribution < 1.29 is 18.7 Å². The third-order valence-electron chi connectivity index (χ3n) is 1.82. The molecular weight excluding hydrogens is 192 g/mol. The fourth-order valence-corrected chi connectivity index (χ4v) is 1.12. The summed E-state index contributed by atoms with van der Waals surface area (Å²) in [6.07, 6.45) is -2.77. The Balaban J connectivity index is 3.13. The Morgan fingerprint density at radius 1 is 1.36 bits per heavy atom. The third kappa shape index (κ3) is 2.05. The molecule has 3 nitrogen and oxygen atoms in total. The summed E-state index contributed by atoms with van der Waals surface area (Å²) in [5.74, 6) is -1.25. The highest BCUT2D eigenvalue weighted by Crippen LogP contribution is 2.21. The smallest absolute Gasteiger partial charge is 0.336 e. The second-order valence-electron chi connectivity index (χ2n) is 2.75. The lowest BCUT2D eigenvalue weighted by atomic mass is 10.0. The number of hydrogen-bond donors (Lipinski definition) is 2. The van der Waals surface area contributed by atoms with Crippen LogP contribution in [0, 0.1) is 0 Å². The maximum Gasteiger partial charge on any atom is 0.336 e. The summed E-state index contributed by atoms with van der Waals surface area (Å²) in [6, 6.07) is 3.93. The van der Waals surface area contributed by atoms with Gasteiger partial charge < -0.3 is 10.8 Å². The third-order valence-corrected chi connectivity index (χ3v) is 1.82. The second-order valence-corrected chi connectivity index (χ2v) is 2.75. The van der Waals surface area contributed by atoms with Gasteiger partial charge in [-0.2, -0.15) is 0 Å². The minimum atomic E-state index is -2.77. The standard InChI is InChI=1S/C9H9F2NO2/c10-8(11)7(12)5-3-1-2-4-6(5)9(13)14/h1-4,7-8H,12H2,(H,13,14)/t7-/m1/s1. The van der Waals surface area contributed by atoms with Gasteiger partial charge in [0.1, 0.15) is 0 Å². The van der Waals surface area contributed by atoms with E-state index in [1.165, 1.54) is 24.3 Å². The summed E-state index contributed by atoms with van der Waals surface area (Å²) in [6.45, 7) is 0. The first-order valence-corrected chi connectivity index (χ1v) is 3.90. The van der Waals surface area contributed by atoms with E-state index in [2.05, 4.69) is 0 Å². The summed E-state index contributed by atoms with van der Waals surface area (Å²) >= 11 is 0. The molecule has 5 heteroatoms. The molecule has 0 heterocycles. The molecule has 3 N–H and O–H groups in total. The average molecular weight is 201 g/mol. The molecule has 14 heavy (non-hydrogen) atoms. The van der Waals surface area contributed by atoms with Crippen LogP contribution in [-0.4, -0.2) is 17.5 Å². The van der Waals surface area contributed by atoms with Crippen molar-refractivity contribution in [2.24, 2.45) is 5.73 Å². The van der Waals surface area contributed by atoms with Crippen LogP contribution in [0.5, 0.6) is 0 Å². The maximum atomic E-state index is 12.2. The number of benzene rings is 1. The first kappa shape index (κ1) is 10.6. The van der Waals surface area contributed by atoms with Crippen molar-refractivity contribution in [3.05, 3.63) is 35.4 Å². The number of alkyl halides is 2. The normalized spacial score (nSPS) is 12.9. The van der Waals surface area contributed by atoms with Gasteiger partial charge in [-0.15, -0.1) is 0 Å². The van der Waals surface area contributed by atoms with Gasteiger partial charge in [0.2, 0.25) is 0 Å². The van der Waals surface area contributed by atoms with Crippen LogP contribution < -0.4 is 5.73 Å². The zero-order valence-electron chi connectivity index (χ0n) is 7.15. The summed E-state index contributed by atoms with van der Waals surface area (Å²) in [5, 5.41) is 8.70. The fraction of sp³-hybridized carbons (Fsp3) is 0.222. The molecule has 0 unspecified atom stereocenters. The van der Waals surface area contributed by atoms with Crippen LogP contribution >= 0.6 is 0 Å². The highest BCUT2D eigenvalue weighted by Gasteiger charge is 2.22. The molecule has 0 aromatic heterocycles. The molecule has 0 amide bonds. The van der Waals surface area contributed by atoms with Gasteiger partial charge in [-0.3, -0.25) is 0 Å². The van der Waals surface area contributed by atoms with E-state index in [1.54, 1.807) is 0 Å². The van der Waals surface area contributed by atoms with Crippen LogP contribution in [0.15, 0.2) is 24.3 Å². The first-order chi connectivity index (χ1) is 6.54. The second kappa shape index (κ2) is 4.15. The first-order valence-electron chi connectivity index (χ1n) is 3.90. The number of halogens is 2. The average Bonchev–Trinajstić information content (AvgIpc) is 2.16. The van der Waals surface area contributed by atoms with Crippen LogP contribution in [0.25, 0.3) is 0 Å². The minimum Gasteiger partial charge on any atom is -0.478 e. The molecule has 0 bridgehead atoms. The van der Waals surface area contributed by atoms with E-state index in [0.717, 1.165) is 0 Å². The Kier molecular flexibility index (Phi) is 3.14. The molecule has 76 valence electrons. The molecule has 1 rings (SSSR count). The monoisotopic (exact) mass is 201 g/mol. The van der Waals surface area contributed by atoms with E-state index in [1.807, 2.05) is 0 Å². The predicted octanol–water partition coefficient (Wildman–Crippen LogP) is 1.65. The van der Waals surface area contributed by atoms with Crippen molar-refractivity contribution >= 4 is 5.97 Å². The van der Waals surface area contributed by atoms with E-state index in [4.69, 9.17) is 10.8 Å². The summed E-state index contributed by atoms with van der Waals surface area (Å²) in [5.41, 5.74) is 4.94. The number of rotatable bonds is 3. The molecule has 0 saturated heterocycles. The van der Waals surface area contributed by atoms with Gasteiger partial charge in [0.15, 0.2) is 0 Å². The van der Waals surface area contributed by atoms with Gasteiger partial charge in [-0.05, 0) is 11.6 Å². The number of aromatic carboxylic acids is 1. The molecule has 1 aromatic rings. The van der Waals surface area contributed by atoms with Gasteiger partial charge in [0, 0.05) is 0 Å². The fourth-order valence-electron chi connectivity index (χ4n) is 1.12. The molecule has 0 aliphatic heterocycles. The van der Waals surface area contributed by atoms with E-state index >= 15 is 0 Å². The van der Waals surface area contributed by atoms with Gasteiger partial charge in [-0.1, -0.05) is 18.2 Å². The number of carboxylic acids is 1. The topological polar surface area (TPSA) is 63.3 Å². The lowest BCUT2D eigenvalue weighted by Crippen LogP contribution is -2.21.